The molecule has 0 aliphatic heterocycles. The Morgan fingerprint density at radius 3 is 2.31 bits per heavy atom. The molecule has 2 aromatic carbocycles. The summed E-state index contributed by atoms with van der Waals surface area (Å²) in [6.07, 6.45) is 0. The van der Waals surface area contributed by atoms with Crippen molar-refractivity contribution in [3.8, 4) is 0 Å². The van der Waals surface area contributed by atoms with E-state index in [-0.39, 0.29) is 11.1 Å². The predicted octanol–water partition coefficient (Wildman–Crippen LogP) is 2.24. The lowest BCUT2D eigenvalue weighted by molar-refractivity contribution is 0.0685. The molecule has 0 aromatic heterocycles. The topological polar surface area (TPSA) is 74.6 Å². The second-order valence-corrected chi connectivity index (χ2v) is 3.35. The van der Waals surface area contributed by atoms with E-state index in [1.54, 1.807) is 18.2 Å². The van der Waals surface area contributed by atoms with Crippen molar-refractivity contribution in [3.05, 3.63) is 47.5 Å². The van der Waals surface area contributed by atoms with Crippen LogP contribution in [0.1, 0.15) is 20.7 Å². The maximum absolute atomic E-state index is 10.9. The van der Waals surface area contributed by atoms with Crippen molar-refractivity contribution in [1.29, 1.82) is 0 Å². The summed E-state index contributed by atoms with van der Waals surface area (Å²) < 4.78 is 0. The quantitative estimate of drug-likeness (QED) is 0.807. The van der Waals surface area contributed by atoms with Crippen LogP contribution in [0, 0.1) is 0 Å². The molecule has 0 aliphatic carbocycles. The summed E-state index contributed by atoms with van der Waals surface area (Å²) in [6, 6.07) is 9.26. The molecular weight excluding hydrogens is 208 g/mol. The van der Waals surface area contributed by atoms with Crippen molar-refractivity contribution < 1.29 is 19.8 Å². The molecule has 0 fully saturated rings. The number of carboxylic acid groups (broad SMARTS) is 2. The van der Waals surface area contributed by atoms with Crippen molar-refractivity contribution in [3.63, 3.8) is 0 Å². The largest absolute Gasteiger partial charge is 0.478 e. The van der Waals surface area contributed by atoms with E-state index in [9.17, 15) is 9.59 Å². The summed E-state index contributed by atoms with van der Waals surface area (Å²) >= 11 is 0. The van der Waals surface area contributed by atoms with Crippen LogP contribution in [0.2, 0.25) is 0 Å². The molecule has 16 heavy (non-hydrogen) atoms. The lowest BCUT2D eigenvalue weighted by Gasteiger charge is -2.03. The summed E-state index contributed by atoms with van der Waals surface area (Å²) in [5.41, 5.74) is 0.196. The highest BCUT2D eigenvalue weighted by Gasteiger charge is 2.10. The van der Waals surface area contributed by atoms with E-state index in [2.05, 4.69) is 0 Å². The molecule has 0 heterocycles. The monoisotopic (exact) mass is 216 g/mol. The molecule has 0 radical (unpaired) electrons. The Morgan fingerprint density at radius 2 is 1.69 bits per heavy atom. The zero-order valence-corrected chi connectivity index (χ0v) is 8.18. The molecule has 0 aliphatic rings. The summed E-state index contributed by atoms with van der Waals surface area (Å²) in [5, 5.41) is 18.9. The van der Waals surface area contributed by atoms with Gasteiger partial charge in [-0.25, -0.2) is 9.59 Å². The first-order chi connectivity index (χ1) is 7.59. The Labute approximate surface area is 90.8 Å². The number of rotatable bonds is 2. The molecule has 2 aromatic rings. The lowest BCUT2D eigenvalue weighted by atomic mass is 10.0. The Kier molecular flexibility index (Phi) is 2.32. The van der Waals surface area contributed by atoms with Gasteiger partial charge in [-0.3, -0.25) is 0 Å². The van der Waals surface area contributed by atoms with Gasteiger partial charge in [-0.15, -0.1) is 0 Å². The van der Waals surface area contributed by atoms with Gasteiger partial charge in [-0.1, -0.05) is 18.2 Å². The van der Waals surface area contributed by atoms with Gasteiger partial charge in [-0.05, 0) is 29.0 Å². The SMILES string of the molecule is O=C(O)c1ccc2cccc(C(=O)O)c2c1. The van der Waals surface area contributed by atoms with Gasteiger partial charge in [0.25, 0.3) is 0 Å². The predicted molar refractivity (Wildman–Crippen MR) is 57.9 cm³/mol. The molecule has 2 rings (SSSR count). The van der Waals surface area contributed by atoms with E-state index < -0.39 is 11.9 Å². The van der Waals surface area contributed by atoms with Gasteiger partial charge in [-0.2, -0.15) is 0 Å². The lowest BCUT2D eigenvalue weighted by Crippen LogP contribution is -2.00. The molecule has 80 valence electrons. The summed E-state index contributed by atoms with van der Waals surface area (Å²) in [7, 11) is 0. The third-order valence-corrected chi connectivity index (χ3v) is 2.36. The van der Waals surface area contributed by atoms with Gasteiger partial charge >= 0.3 is 11.9 Å². The normalized spacial score (nSPS) is 10.2. The third kappa shape index (κ3) is 1.61. The molecule has 0 saturated carbocycles. The Hall–Kier alpha value is -2.36. The minimum atomic E-state index is -1.07. The van der Waals surface area contributed by atoms with Crippen LogP contribution >= 0.6 is 0 Å². The number of carbonyl (C=O) groups is 2. The second kappa shape index (κ2) is 3.66. The highest BCUT2D eigenvalue weighted by atomic mass is 16.4. The van der Waals surface area contributed by atoms with Gasteiger partial charge in [0.1, 0.15) is 0 Å². The van der Waals surface area contributed by atoms with E-state index in [0.29, 0.717) is 10.8 Å². The fourth-order valence-electron chi connectivity index (χ4n) is 1.59. The molecule has 2 N–H and O–H groups in total. The molecule has 0 spiro atoms. The van der Waals surface area contributed by atoms with Crippen molar-refractivity contribution >= 4 is 22.7 Å². The van der Waals surface area contributed by atoms with Crippen LogP contribution in [0.25, 0.3) is 10.8 Å². The van der Waals surface area contributed by atoms with Gasteiger partial charge < -0.3 is 10.2 Å². The zero-order valence-electron chi connectivity index (χ0n) is 8.18. The highest BCUT2D eigenvalue weighted by molar-refractivity contribution is 6.05. The van der Waals surface area contributed by atoms with Gasteiger partial charge in [0.15, 0.2) is 0 Å². The van der Waals surface area contributed by atoms with Crippen molar-refractivity contribution in [2.45, 2.75) is 0 Å². The minimum absolute atomic E-state index is 0.0844. The number of aromatic carboxylic acids is 2. The summed E-state index contributed by atoms with van der Waals surface area (Å²) in [6.45, 7) is 0. The van der Waals surface area contributed by atoms with Crippen LogP contribution in [0.5, 0.6) is 0 Å². The van der Waals surface area contributed by atoms with Crippen LogP contribution in [-0.2, 0) is 0 Å². The number of fused-ring (bicyclic) bond motifs is 1. The number of hydrogen-bond donors (Lipinski definition) is 2. The fraction of sp³-hybridized carbons (Fsp3) is 0. The standard InChI is InChI=1S/C12H8O4/c13-11(14)8-5-4-7-2-1-3-9(12(15)16)10(7)6-8/h1-6H,(H,13,14)(H,15,16). The first-order valence-corrected chi connectivity index (χ1v) is 4.59. The average Bonchev–Trinajstić information content (AvgIpc) is 2.27. The molecular formula is C12H8O4. The average molecular weight is 216 g/mol. The van der Waals surface area contributed by atoms with Gasteiger partial charge in [0.05, 0.1) is 11.1 Å². The second-order valence-electron chi connectivity index (χ2n) is 3.35. The Bertz CT molecular complexity index is 587. The molecule has 4 nitrogen and oxygen atoms in total. The van der Waals surface area contributed by atoms with Crippen LogP contribution in [0.3, 0.4) is 0 Å². The summed E-state index contributed by atoms with van der Waals surface area (Å²) in [5.74, 6) is -2.13. The van der Waals surface area contributed by atoms with Crippen molar-refractivity contribution in [2.75, 3.05) is 0 Å². The van der Waals surface area contributed by atoms with E-state index in [0.717, 1.165) is 0 Å². The first-order valence-electron chi connectivity index (χ1n) is 4.59. The summed E-state index contributed by atoms with van der Waals surface area (Å²) in [4.78, 5) is 21.7. The molecule has 0 bridgehead atoms. The molecule has 4 heteroatoms. The van der Waals surface area contributed by atoms with Crippen LogP contribution in [-0.4, -0.2) is 22.2 Å². The van der Waals surface area contributed by atoms with Crippen LogP contribution in [0.4, 0.5) is 0 Å². The third-order valence-electron chi connectivity index (χ3n) is 2.36. The maximum Gasteiger partial charge on any atom is 0.336 e. The molecule has 0 amide bonds. The molecule has 0 atom stereocenters. The van der Waals surface area contributed by atoms with E-state index in [1.165, 1.54) is 18.2 Å². The van der Waals surface area contributed by atoms with Crippen LogP contribution in [0.15, 0.2) is 36.4 Å². The smallest absolute Gasteiger partial charge is 0.336 e. The minimum Gasteiger partial charge on any atom is -0.478 e. The fourth-order valence-corrected chi connectivity index (χ4v) is 1.59. The highest BCUT2D eigenvalue weighted by Crippen LogP contribution is 2.20. The van der Waals surface area contributed by atoms with Crippen molar-refractivity contribution in [1.82, 2.24) is 0 Å². The number of hydrogen-bond acceptors (Lipinski definition) is 2. The van der Waals surface area contributed by atoms with Crippen LogP contribution < -0.4 is 0 Å². The van der Waals surface area contributed by atoms with Gasteiger partial charge in [0.2, 0.25) is 0 Å². The molecule has 0 unspecified atom stereocenters. The van der Waals surface area contributed by atoms with E-state index >= 15 is 0 Å². The first kappa shape index (κ1) is 10.2. The molecule has 0 saturated heterocycles. The number of benzene rings is 2. The zero-order chi connectivity index (χ0) is 11.7. The van der Waals surface area contributed by atoms with E-state index in [1.807, 2.05) is 0 Å². The van der Waals surface area contributed by atoms with Gasteiger partial charge in [0, 0.05) is 0 Å². The maximum atomic E-state index is 10.9. The van der Waals surface area contributed by atoms with E-state index in [4.69, 9.17) is 10.2 Å². The van der Waals surface area contributed by atoms with Crippen molar-refractivity contribution in [2.24, 2.45) is 0 Å². The Balaban J connectivity index is 2.78. The number of carboxylic acids is 2. The Morgan fingerprint density at radius 1 is 0.938 bits per heavy atom.